The first-order chi connectivity index (χ1) is 6.14. The van der Waals surface area contributed by atoms with Gasteiger partial charge in [-0.15, -0.1) is 11.1 Å². The summed E-state index contributed by atoms with van der Waals surface area (Å²) in [6.45, 7) is 8.67. The van der Waals surface area contributed by atoms with Crippen molar-refractivity contribution in [3.63, 3.8) is 0 Å². The maximum Gasteiger partial charge on any atom is 0.304 e. The van der Waals surface area contributed by atoms with Crippen LogP contribution in [0, 0.1) is 0 Å². The lowest BCUT2D eigenvalue weighted by Gasteiger charge is -2.34. The van der Waals surface area contributed by atoms with Crippen LogP contribution in [-0.2, 0) is 0 Å². The van der Waals surface area contributed by atoms with Gasteiger partial charge < -0.3 is 9.55 Å². The Morgan fingerprint density at radius 1 is 1.23 bits per heavy atom. The van der Waals surface area contributed by atoms with Gasteiger partial charge in [0.25, 0.3) is 0 Å². The van der Waals surface area contributed by atoms with E-state index in [1.165, 1.54) is 12.8 Å². The molecule has 1 N–H and O–H groups in total. The quantitative estimate of drug-likeness (QED) is 0.526. The van der Waals surface area contributed by atoms with E-state index in [2.05, 4.69) is 30.3 Å². The maximum absolute atomic E-state index is 6.62. The van der Waals surface area contributed by atoms with Crippen LogP contribution in [-0.4, -0.2) is 32.4 Å². The Balaban J connectivity index is 4.21. The van der Waals surface area contributed by atoms with Gasteiger partial charge in [-0.2, -0.15) is 0 Å². The minimum atomic E-state index is -1.82. The van der Waals surface area contributed by atoms with E-state index in [1.54, 1.807) is 0 Å². The first-order valence-electron chi connectivity index (χ1n) is 5.27. The third-order valence-electron chi connectivity index (χ3n) is 2.51. The molecule has 80 valence electrons. The van der Waals surface area contributed by atoms with Crippen molar-refractivity contribution in [2.75, 3.05) is 20.1 Å². The topological polar surface area (TPSA) is 15.3 Å². The van der Waals surface area contributed by atoms with E-state index in [0.717, 1.165) is 19.1 Å². The molecule has 0 saturated heterocycles. The molecule has 0 bridgehead atoms. The smallest absolute Gasteiger partial charge is 0.304 e. The number of halogens is 1. The second-order valence-electron chi connectivity index (χ2n) is 3.29. The first kappa shape index (κ1) is 13.4. The lowest BCUT2D eigenvalue weighted by molar-refractivity contribution is 0.460. The first-order valence-corrected chi connectivity index (χ1v) is 8.44. The third-order valence-corrected chi connectivity index (χ3v) is 7.78. The lowest BCUT2D eigenvalue weighted by atomic mass is 10.4. The molecular weight excluding hydrogens is 200 g/mol. The normalized spacial score (nSPS) is 16.2. The summed E-state index contributed by atoms with van der Waals surface area (Å²) < 4.78 is 2.39. The molecule has 0 aromatic carbocycles. The molecule has 0 aromatic rings. The number of nitrogens with one attached hydrogen (secondary N) is 1. The summed E-state index contributed by atoms with van der Waals surface area (Å²) in [5.74, 6) is 0. The minimum absolute atomic E-state index is 1.05. The van der Waals surface area contributed by atoms with E-state index in [9.17, 15) is 0 Å². The Morgan fingerprint density at radius 3 is 2.08 bits per heavy atom. The van der Waals surface area contributed by atoms with Crippen LogP contribution in [0.4, 0.5) is 0 Å². The Kier molecular flexibility index (Phi) is 7.04. The van der Waals surface area contributed by atoms with Crippen LogP contribution < -0.4 is 4.98 Å². The van der Waals surface area contributed by atoms with Crippen LogP contribution in [0.25, 0.3) is 0 Å². The molecule has 0 spiro atoms. The van der Waals surface area contributed by atoms with Crippen LogP contribution in [0.2, 0.25) is 6.04 Å². The Hall–Kier alpha value is 0.427. The van der Waals surface area contributed by atoms with Gasteiger partial charge in [-0.1, -0.05) is 33.6 Å². The highest BCUT2D eigenvalue weighted by Gasteiger charge is 2.34. The molecule has 13 heavy (non-hydrogen) atoms. The van der Waals surface area contributed by atoms with E-state index >= 15 is 0 Å². The van der Waals surface area contributed by atoms with E-state index < -0.39 is 7.71 Å². The van der Waals surface area contributed by atoms with Crippen molar-refractivity contribution in [2.45, 2.75) is 39.7 Å². The number of rotatable bonds is 7. The van der Waals surface area contributed by atoms with Gasteiger partial charge in [0.15, 0.2) is 0 Å². The van der Waals surface area contributed by atoms with Crippen molar-refractivity contribution in [1.29, 1.82) is 0 Å². The molecule has 0 radical (unpaired) electrons. The van der Waals surface area contributed by atoms with Crippen molar-refractivity contribution in [1.82, 2.24) is 9.55 Å². The molecular formula is C9H23ClN2Si. The number of hydrogen-bond donors (Lipinski definition) is 1. The zero-order chi connectivity index (χ0) is 10.3. The van der Waals surface area contributed by atoms with Crippen molar-refractivity contribution in [2.24, 2.45) is 0 Å². The fourth-order valence-corrected chi connectivity index (χ4v) is 5.40. The molecule has 0 saturated carbocycles. The zero-order valence-electron chi connectivity index (χ0n) is 9.36. The second kappa shape index (κ2) is 6.82. The molecule has 0 amide bonds. The third kappa shape index (κ3) is 3.98. The summed E-state index contributed by atoms with van der Waals surface area (Å²) in [6.07, 6.45) is 2.46. The largest absolute Gasteiger partial charge is 0.316 e. The van der Waals surface area contributed by atoms with Crippen molar-refractivity contribution < 1.29 is 0 Å². The van der Waals surface area contributed by atoms with Crippen molar-refractivity contribution >= 4 is 18.8 Å². The fraction of sp³-hybridized carbons (Fsp3) is 1.00. The average molecular weight is 223 g/mol. The summed E-state index contributed by atoms with van der Waals surface area (Å²) >= 11 is 6.62. The average Bonchev–Trinajstić information content (AvgIpc) is 2.16. The highest BCUT2D eigenvalue weighted by Crippen LogP contribution is 2.19. The molecule has 0 aliphatic carbocycles. The SMILES string of the molecule is CCCC[Si](Cl)(NC)N(CC)CC. The monoisotopic (exact) mass is 222 g/mol. The fourth-order valence-electron chi connectivity index (χ4n) is 1.58. The van der Waals surface area contributed by atoms with Gasteiger partial charge in [0, 0.05) is 0 Å². The molecule has 0 aromatic heterocycles. The van der Waals surface area contributed by atoms with E-state index in [4.69, 9.17) is 11.1 Å². The predicted octanol–water partition coefficient (Wildman–Crippen LogP) is 2.53. The van der Waals surface area contributed by atoms with Gasteiger partial charge in [-0.25, -0.2) is 0 Å². The summed E-state index contributed by atoms with van der Waals surface area (Å²) in [7, 11) is 0.175. The van der Waals surface area contributed by atoms with Gasteiger partial charge in [-0.3, -0.25) is 0 Å². The number of unbranched alkanes of at least 4 members (excludes halogenated alkanes) is 1. The summed E-state index contributed by atoms with van der Waals surface area (Å²) in [5.41, 5.74) is 0. The maximum atomic E-state index is 6.62. The Morgan fingerprint density at radius 2 is 1.77 bits per heavy atom. The highest BCUT2D eigenvalue weighted by atomic mass is 35.6. The standard InChI is InChI=1S/C9H23ClN2Si/c1-5-8-9-13(10,11-4)12(6-2)7-3/h11H,5-9H2,1-4H3. The lowest BCUT2D eigenvalue weighted by Crippen LogP contribution is -2.58. The van der Waals surface area contributed by atoms with E-state index in [-0.39, 0.29) is 0 Å². The van der Waals surface area contributed by atoms with Crippen LogP contribution in [0.1, 0.15) is 33.6 Å². The highest BCUT2D eigenvalue weighted by molar-refractivity contribution is 7.17. The molecule has 0 heterocycles. The van der Waals surface area contributed by atoms with Gasteiger partial charge in [-0.05, 0) is 26.2 Å². The van der Waals surface area contributed by atoms with E-state index in [1.807, 2.05) is 7.05 Å². The molecule has 2 nitrogen and oxygen atoms in total. The molecule has 1 atom stereocenters. The van der Waals surface area contributed by atoms with Crippen LogP contribution in [0.3, 0.4) is 0 Å². The number of nitrogens with zero attached hydrogens (tertiary/aromatic N) is 1. The molecule has 4 heteroatoms. The summed E-state index contributed by atoms with van der Waals surface area (Å²) in [4.78, 5) is 3.35. The Labute approximate surface area is 88.5 Å². The van der Waals surface area contributed by atoms with E-state index in [0.29, 0.717) is 0 Å². The minimum Gasteiger partial charge on any atom is -0.316 e. The molecule has 0 aliphatic rings. The molecule has 1 unspecified atom stereocenters. The van der Waals surface area contributed by atoms with Gasteiger partial charge in [0.1, 0.15) is 0 Å². The molecule has 0 rings (SSSR count). The van der Waals surface area contributed by atoms with Crippen LogP contribution >= 0.6 is 11.1 Å². The van der Waals surface area contributed by atoms with Gasteiger partial charge in [0.2, 0.25) is 0 Å². The zero-order valence-corrected chi connectivity index (χ0v) is 11.1. The molecule has 0 aliphatic heterocycles. The predicted molar refractivity (Wildman–Crippen MR) is 63.3 cm³/mol. The summed E-state index contributed by atoms with van der Waals surface area (Å²) in [6, 6.07) is 1.14. The van der Waals surface area contributed by atoms with Gasteiger partial charge in [0.05, 0.1) is 0 Å². The number of hydrogen-bond acceptors (Lipinski definition) is 2. The van der Waals surface area contributed by atoms with Crippen LogP contribution in [0.15, 0.2) is 0 Å². The Bertz CT molecular complexity index is 131. The van der Waals surface area contributed by atoms with Crippen molar-refractivity contribution in [3.8, 4) is 0 Å². The molecule has 0 fully saturated rings. The van der Waals surface area contributed by atoms with Crippen molar-refractivity contribution in [3.05, 3.63) is 0 Å². The van der Waals surface area contributed by atoms with Crippen LogP contribution in [0.5, 0.6) is 0 Å². The van der Waals surface area contributed by atoms with Gasteiger partial charge >= 0.3 is 7.71 Å². The summed E-state index contributed by atoms with van der Waals surface area (Å²) in [5, 5.41) is 0. The second-order valence-corrected chi connectivity index (χ2v) is 8.31.